The number of aromatic nitrogens is 2. The summed E-state index contributed by atoms with van der Waals surface area (Å²) in [7, 11) is 0. The molecule has 1 N–H and O–H groups in total. The molecule has 1 atom stereocenters. The molecule has 0 radical (unpaired) electrons. The van der Waals surface area contributed by atoms with Crippen molar-refractivity contribution in [1.29, 1.82) is 0 Å². The number of carbonyl (C=O) groups is 1. The van der Waals surface area contributed by atoms with E-state index in [2.05, 4.69) is 16.3 Å². The van der Waals surface area contributed by atoms with E-state index in [4.69, 9.17) is 11.2 Å². The summed E-state index contributed by atoms with van der Waals surface area (Å²) in [6.07, 6.45) is 5.16. The zero-order chi connectivity index (χ0) is 16.1. The first kappa shape index (κ1) is 15.6. The van der Waals surface area contributed by atoms with Crippen molar-refractivity contribution in [2.45, 2.75) is 26.8 Å². The molecule has 2 aromatic rings. The number of ether oxygens (including phenoxy) is 1. The van der Waals surface area contributed by atoms with Gasteiger partial charge >= 0.3 is 0 Å². The molecule has 0 aliphatic heterocycles. The summed E-state index contributed by atoms with van der Waals surface area (Å²) < 4.78 is 7.05. The summed E-state index contributed by atoms with van der Waals surface area (Å²) in [5.74, 6) is 2.88. The van der Waals surface area contributed by atoms with E-state index >= 15 is 0 Å². The van der Waals surface area contributed by atoms with E-state index in [0.29, 0.717) is 11.4 Å². The lowest BCUT2D eigenvalue weighted by Gasteiger charge is -2.15. The minimum atomic E-state index is -0.399. The van der Waals surface area contributed by atoms with Crippen molar-refractivity contribution >= 4 is 11.6 Å². The number of hydrogen-bond donors (Lipinski definition) is 1. The van der Waals surface area contributed by atoms with E-state index in [1.54, 1.807) is 28.9 Å². The third kappa shape index (κ3) is 3.67. The molecule has 0 saturated heterocycles. The van der Waals surface area contributed by atoms with Gasteiger partial charge in [-0.25, -0.2) is 0 Å². The Hall–Kier alpha value is -2.74. The van der Waals surface area contributed by atoms with Gasteiger partial charge in [-0.05, 0) is 39.0 Å². The number of nitrogens with one attached hydrogen (secondary N) is 1. The van der Waals surface area contributed by atoms with Gasteiger partial charge in [0.15, 0.2) is 0 Å². The normalized spacial score (nSPS) is 11.5. The quantitative estimate of drug-likeness (QED) is 0.863. The Kier molecular flexibility index (Phi) is 4.84. The second-order valence-electron chi connectivity index (χ2n) is 5.06. The molecule has 0 bridgehead atoms. The van der Waals surface area contributed by atoms with Crippen LogP contribution in [0.25, 0.3) is 0 Å². The Morgan fingerprint density at radius 3 is 2.86 bits per heavy atom. The van der Waals surface area contributed by atoms with Crippen LogP contribution in [0.15, 0.2) is 30.3 Å². The van der Waals surface area contributed by atoms with Crippen molar-refractivity contribution < 1.29 is 9.53 Å². The molecule has 5 nitrogen and oxygen atoms in total. The van der Waals surface area contributed by atoms with E-state index < -0.39 is 6.04 Å². The van der Waals surface area contributed by atoms with Crippen molar-refractivity contribution in [3.63, 3.8) is 0 Å². The van der Waals surface area contributed by atoms with Crippen LogP contribution in [-0.2, 0) is 4.79 Å². The molecule has 1 heterocycles. The third-order valence-electron chi connectivity index (χ3n) is 3.21. The topological polar surface area (TPSA) is 56.1 Å². The number of aryl methyl sites for hydroxylation is 2. The maximum atomic E-state index is 12.4. The predicted octanol–water partition coefficient (Wildman–Crippen LogP) is 2.71. The lowest BCUT2D eigenvalue weighted by atomic mass is 10.2. The zero-order valence-electron chi connectivity index (χ0n) is 13.0. The molecule has 1 aromatic carbocycles. The monoisotopic (exact) mass is 297 g/mol. The lowest BCUT2D eigenvalue weighted by Crippen LogP contribution is -2.25. The van der Waals surface area contributed by atoms with Crippen LogP contribution in [0.1, 0.15) is 24.4 Å². The second kappa shape index (κ2) is 6.81. The van der Waals surface area contributed by atoms with Crippen molar-refractivity contribution in [2.24, 2.45) is 0 Å². The fourth-order valence-electron chi connectivity index (χ4n) is 2.18. The fraction of sp³-hybridized carbons (Fsp3) is 0.294. The van der Waals surface area contributed by atoms with Gasteiger partial charge in [-0.2, -0.15) is 5.10 Å². The van der Waals surface area contributed by atoms with Gasteiger partial charge in [0.2, 0.25) is 5.91 Å². The molecule has 1 aromatic heterocycles. The van der Waals surface area contributed by atoms with E-state index in [9.17, 15) is 4.79 Å². The Morgan fingerprint density at radius 1 is 1.45 bits per heavy atom. The van der Waals surface area contributed by atoms with Crippen molar-refractivity contribution in [3.8, 4) is 18.1 Å². The van der Waals surface area contributed by atoms with E-state index in [1.807, 2.05) is 26.8 Å². The van der Waals surface area contributed by atoms with Crippen LogP contribution in [0, 0.1) is 26.2 Å². The summed E-state index contributed by atoms with van der Waals surface area (Å²) >= 11 is 0. The summed E-state index contributed by atoms with van der Waals surface area (Å²) in [4.78, 5) is 12.4. The summed E-state index contributed by atoms with van der Waals surface area (Å²) in [5.41, 5.74) is 2.50. The van der Waals surface area contributed by atoms with Crippen molar-refractivity contribution in [1.82, 2.24) is 9.78 Å². The number of hydrogen-bond acceptors (Lipinski definition) is 3. The van der Waals surface area contributed by atoms with Crippen LogP contribution in [0.3, 0.4) is 0 Å². The summed E-state index contributed by atoms with van der Waals surface area (Å²) in [5, 5.41) is 7.20. The zero-order valence-corrected chi connectivity index (χ0v) is 13.0. The molecule has 5 heteroatoms. The molecule has 0 spiro atoms. The van der Waals surface area contributed by atoms with Gasteiger partial charge in [0, 0.05) is 17.4 Å². The number of anilines is 1. The first-order valence-corrected chi connectivity index (χ1v) is 7.01. The van der Waals surface area contributed by atoms with Crippen LogP contribution < -0.4 is 10.1 Å². The highest BCUT2D eigenvalue weighted by atomic mass is 16.5. The molecule has 22 heavy (non-hydrogen) atoms. The van der Waals surface area contributed by atoms with Gasteiger partial charge in [-0.3, -0.25) is 9.48 Å². The summed E-state index contributed by atoms with van der Waals surface area (Å²) in [6.45, 7) is 5.84. The Balaban J connectivity index is 2.08. The Morgan fingerprint density at radius 2 is 2.23 bits per heavy atom. The number of terminal acetylenes is 1. The van der Waals surface area contributed by atoms with Gasteiger partial charge in [0.1, 0.15) is 18.4 Å². The van der Waals surface area contributed by atoms with Crippen LogP contribution in [0.4, 0.5) is 5.69 Å². The number of amides is 1. The molecule has 2 rings (SSSR count). The van der Waals surface area contributed by atoms with Gasteiger partial charge in [0.05, 0.1) is 5.69 Å². The van der Waals surface area contributed by atoms with Crippen LogP contribution in [-0.4, -0.2) is 22.3 Å². The average molecular weight is 297 g/mol. The molecular weight excluding hydrogens is 278 g/mol. The smallest absolute Gasteiger partial charge is 0.248 e. The number of rotatable bonds is 5. The first-order chi connectivity index (χ1) is 10.5. The van der Waals surface area contributed by atoms with Crippen molar-refractivity contribution in [2.75, 3.05) is 11.9 Å². The third-order valence-corrected chi connectivity index (χ3v) is 3.21. The largest absolute Gasteiger partial charge is 0.481 e. The second-order valence-corrected chi connectivity index (χ2v) is 5.06. The van der Waals surface area contributed by atoms with Gasteiger partial charge < -0.3 is 10.1 Å². The summed E-state index contributed by atoms with van der Waals surface area (Å²) in [6, 6.07) is 8.67. The fourth-order valence-corrected chi connectivity index (χ4v) is 2.18. The van der Waals surface area contributed by atoms with E-state index in [-0.39, 0.29) is 12.5 Å². The van der Waals surface area contributed by atoms with Crippen molar-refractivity contribution in [3.05, 3.63) is 41.7 Å². The van der Waals surface area contributed by atoms with Gasteiger partial charge in [-0.15, -0.1) is 6.42 Å². The molecule has 0 saturated carbocycles. The molecule has 0 aliphatic carbocycles. The molecule has 0 unspecified atom stereocenters. The maximum absolute atomic E-state index is 12.4. The van der Waals surface area contributed by atoms with E-state index in [0.717, 1.165) is 11.4 Å². The minimum Gasteiger partial charge on any atom is -0.481 e. The van der Waals surface area contributed by atoms with Gasteiger partial charge in [-0.1, -0.05) is 12.0 Å². The molecule has 1 amide bonds. The Labute approximate surface area is 130 Å². The van der Waals surface area contributed by atoms with Crippen LogP contribution in [0.5, 0.6) is 5.75 Å². The Bertz CT molecular complexity index is 713. The molecule has 0 aliphatic rings. The highest BCUT2D eigenvalue weighted by molar-refractivity contribution is 5.93. The molecule has 114 valence electrons. The highest BCUT2D eigenvalue weighted by Gasteiger charge is 2.18. The minimum absolute atomic E-state index is 0.139. The SMILES string of the molecule is C#CCOc1cccc(NC(=O)[C@@H](C)n2nc(C)cc2C)c1. The standard InChI is InChI=1S/C17H19N3O2/c1-5-9-22-16-8-6-7-15(11-16)18-17(21)14(4)20-13(3)10-12(2)19-20/h1,6-8,10-11,14H,9H2,2-4H3,(H,18,21)/t14-/m1/s1. The number of nitrogens with zero attached hydrogens (tertiary/aromatic N) is 2. The lowest BCUT2D eigenvalue weighted by molar-refractivity contribution is -0.119. The number of carbonyl (C=O) groups excluding carboxylic acids is 1. The molecule has 0 fully saturated rings. The van der Waals surface area contributed by atoms with Crippen LogP contribution >= 0.6 is 0 Å². The van der Waals surface area contributed by atoms with E-state index in [1.165, 1.54) is 0 Å². The number of benzene rings is 1. The first-order valence-electron chi connectivity index (χ1n) is 7.01. The average Bonchev–Trinajstić information content (AvgIpc) is 2.83. The predicted molar refractivity (Wildman–Crippen MR) is 85.8 cm³/mol. The maximum Gasteiger partial charge on any atom is 0.248 e. The van der Waals surface area contributed by atoms with Crippen LogP contribution in [0.2, 0.25) is 0 Å². The highest BCUT2D eigenvalue weighted by Crippen LogP contribution is 2.19. The molecular formula is C17H19N3O2. The van der Waals surface area contributed by atoms with Gasteiger partial charge in [0.25, 0.3) is 0 Å².